The van der Waals surface area contributed by atoms with Gasteiger partial charge in [0.2, 0.25) is 4.96 Å². The molecule has 0 saturated carbocycles. The molecule has 0 bridgehead atoms. The van der Waals surface area contributed by atoms with Crippen molar-refractivity contribution < 1.29 is 9.13 Å². The summed E-state index contributed by atoms with van der Waals surface area (Å²) in [5.74, 6) is 0.957. The van der Waals surface area contributed by atoms with Crippen molar-refractivity contribution in [3.8, 4) is 5.75 Å². The number of aromatic nitrogens is 3. The highest BCUT2D eigenvalue weighted by atomic mass is 32.1. The van der Waals surface area contributed by atoms with Crippen molar-refractivity contribution in [1.29, 1.82) is 0 Å². The molecule has 0 saturated heterocycles. The van der Waals surface area contributed by atoms with Crippen LogP contribution in [-0.2, 0) is 0 Å². The molecule has 5 nitrogen and oxygen atoms in total. The molecule has 0 aliphatic heterocycles. The zero-order valence-electron chi connectivity index (χ0n) is 15.7. The highest BCUT2D eigenvalue weighted by molar-refractivity contribution is 7.15. The molecule has 2 aromatic heterocycles. The zero-order chi connectivity index (χ0) is 20.2. The molecule has 4 rings (SSSR count). The van der Waals surface area contributed by atoms with Gasteiger partial charge in [-0.15, -0.1) is 5.10 Å². The quantitative estimate of drug-likeness (QED) is 0.488. The summed E-state index contributed by atoms with van der Waals surface area (Å²) in [4.78, 5) is 17.5. The molecule has 29 heavy (non-hydrogen) atoms. The lowest BCUT2D eigenvalue weighted by molar-refractivity contribution is 0.317. The summed E-state index contributed by atoms with van der Waals surface area (Å²) >= 11 is 1.29. The highest BCUT2D eigenvalue weighted by Crippen LogP contribution is 2.13. The summed E-state index contributed by atoms with van der Waals surface area (Å²) in [6.45, 7) is 2.74. The Morgan fingerprint density at radius 1 is 1.07 bits per heavy atom. The van der Waals surface area contributed by atoms with E-state index in [1.165, 1.54) is 28.0 Å². The summed E-state index contributed by atoms with van der Waals surface area (Å²) in [5.41, 5.74) is 1.53. The Hall–Kier alpha value is -3.32. The Morgan fingerprint density at radius 2 is 1.79 bits per heavy atom. The van der Waals surface area contributed by atoms with E-state index in [1.54, 1.807) is 24.3 Å². The first-order valence-corrected chi connectivity index (χ1v) is 10.0. The second-order valence-electron chi connectivity index (χ2n) is 6.38. The maximum atomic E-state index is 13.0. The van der Waals surface area contributed by atoms with E-state index in [-0.39, 0.29) is 11.4 Å². The molecular weight excluding hydrogens is 389 g/mol. The summed E-state index contributed by atoms with van der Waals surface area (Å²) < 4.78 is 20.4. The van der Waals surface area contributed by atoms with E-state index in [9.17, 15) is 9.18 Å². The monoisotopic (exact) mass is 407 g/mol. The number of halogens is 1. The third-order valence-electron chi connectivity index (χ3n) is 4.14. The number of ether oxygens (including phenoxy) is 1. The Bertz CT molecular complexity index is 1260. The maximum Gasteiger partial charge on any atom is 0.291 e. The highest BCUT2D eigenvalue weighted by Gasteiger charge is 2.08. The van der Waals surface area contributed by atoms with E-state index in [0.29, 0.717) is 21.9 Å². The van der Waals surface area contributed by atoms with E-state index in [0.717, 1.165) is 23.3 Å². The smallest absolute Gasteiger partial charge is 0.291 e. The van der Waals surface area contributed by atoms with Crippen LogP contribution in [0.5, 0.6) is 5.75 Å². The summed E-state index contributed by atoms with van der Waals surface area (Å²) in [5, 5.41) is 4.26. The fourth-order valence-corrected chi connectivity index (χ4v) is 3.61. The van der Waals surface area contributed by atoms with Crippen LogP contribution in [0.15, 0.2) is 53.3 Å². The lowest BCUT2D eigenvalue weighted by Crippen LogP contribution is -2.23. The third kappa shape index (κ3) is 4.41. The average molecular weight is 407 g/mol. The molecule has 146 valence electrons. The molecule has 2 aromatic carbocycles. The Kier molecular flexibility index (Phi) is 5.48. The Morgan fingerprint density at radius 3 is 2.48 bits per heavy atom. The van der Waals surface area contributed by atoms with E-state index in [4.69, 9.17) is 4.74 Å². The van der Waals surface area contributed by atoms with Crippen molar-refractivity contribution in [3.63, 3.8) is 0 Å². The van der Waals surface area contributed by atoms with Crippen molar-refractivity contribution in [2.24, 2.45) is 0 Å². The number of hydrogen-bond donors (Lipinski definition) is 0. The summed E-state index contributed by atoms with van der Waals surface area (Å²) in [6.07, 6.45) is 6.25. The number of thiazole rings is 1. The molecule has 0 atom stereocenters. The second kappa shape index (κ2) is 8.36. The first-order valence-electron chi connectivity index (χ1n) is 9.20. The van der Waals surface area contributed by atoms with Crippen LogP contribution >= 0.6 is 11.3 Å². The van der Waals surface area contributed by atoms with Crippen LogP contribution in [0.4, 0.5) is 4.39 Å². The van der Waals surface area contributed by atoms with Crippen LogP contribution in [0.2, 0.25) is 0 Å². The van der Waals surface area contributed by atoms with Gasteiger partial charge in [-0.25, -0.2) is 4.39 Å². The molecule has 4 aromatic rings. The number of hydrogen-bond acceptors (Lipinski definition) is 5. The van der Waals surface area contributed by atoms with Gasteiger partial charge in [-0.1, -0.05) is 48.6 Å². The van der Waals surface area contributed by atoms with Crippen LogP contribution in [-0.4, -0.2) is 21.2 Å². The van der Waals surface area contributed by atoms with Gasteiger partial charge < -0.3 is 4.74 Å². The minimum absolute atomic E-state index is 0.203. The van der Waals surface area contributed by atoms with E-state index in [1.807, 2.05) is 30.3 Å². The van der Waals surface area contributed by atoms with Gasteiger partial charge in [-0.3, -0.25) is 4.79 Å². The molecule has 2 heterocycles. The summed E-state index contributed by atoms with van der Waals surface area (Å²) in [6, 6.07) is 13.7. The normalized spacial score (nSPS) is 12.3. The molecule has 0 N–H and O–H groups in total. The predicted octanol–water partition coefficient (Wildman–Crippen LogP) is 3.80. The van der Waals surface area contributed by atoms with Crippen LogP contribution < -0.4 is 14.8 Å². The van der Waals surface area contributed by atoms with Crippen molar-refractivity contribution in [2.75, 3.05) is 6.61 Å². The summed E-state index contributed by atoms with van der Waals surface area (Å²) in [7, 11) is 0. The van der Waals surface area contributed by atoms with Crippen molar-refractivity contribution in [3.05, 3.63) is 86.2 Å². The van der Waals surface area contributed by atoms with Gasteiger partial charge in [0, 0.05) is 0 Å². The first kappa shape index (κ1) is 19.0. The molecule has 0 spiro atoms. The Labute approximate surface area is 170 Å². The van der Waals surface area contributed by atoms with Gasteiger partial charge in [0.25, 0.3) is 5.56 Å². The minimum Gasteiger partial charge on any atom is -0.494 e. The van der Waals surface area contributed by atoms with Gasteiger partial charge in [0.15, 0.2) is 5.82 Å². The first-order chi connectivity index (χ1) is 14.1. The molecule has 0 unspecified atom stereocenters. The molecule has 0 amide bonds. The van der Waals surface area contributed by atoms with Crippen LogP contribution in [0.1, 0.15) is 30.3 Å². The largest absolute Gasteiger partial charge is 0.494 e. The van der Waals surface area contributed by atoms with Gasteiger partial charge in [0.1, 0.15) is 11.6 Å². The van der Waals surface area contributed by atoms with Gasteiger partial charge in [-0.05, 0) is 54.0 Å². The lowest BCUT2D eigenvalue weighted by Gasteiger charge is -2.03. The fraction of sp³-hybridized carbons (Fsp3) is 0.136. The van der Waals surface area contributed by atoms with Crippen LogP contribution in [0.3, 0.4) is 0 Å². The molecular formula is C22H18FN3O2S. The second-order valence-corrected chi connectivity index (χ2v) is 7.39. The van der Waals surface area contributed by atoms with Crippen molar-refractivity contribution >= 4 is 34.5 Å². The van der Waals surface area contributed by atoms with Crippen LogP contribution in [0, 0.1) is 5.82 Å². The third-order valence-corrected chi connectivity index (χ3v) is 5.10. The molecule has 0 aliphatic carbocycles. The standard InChI is InChI=1S/C22H18FN3O2S/c1-2-13-28-18-10-5-16(6-11-18)14-19-21(27)26-22(29-19)24-20(25-26)12-7-15-3-8-17(23)9-4-15/h3-12,14H,2,13H2,1H3/b12-7+,19-14+. The Balaban J connectivity index is 1.57. The van der Waals surface area contributed by atoms with Gasteiger partial charge in [0.05, 0.1) is 11.1 Å². The van der Waals surface area contributed by atoms with Gasteiger partial charge >= 0.3 is 0 Å². The van der Waals surface area contributed by atoms with Crippen LogP contribution in [0.25, 0.3) is 23.2 Å². The molecule has 0 aliphatic rings. The number of fused-ring (bicyclic) bond motifs is 1. The van der Waals surface area contributed by atoms with Crippen molar-refractivity contribution in [2.45, 2.75) is 13.3 Å². The molecule has 7 heteroatoms. The van der Waals surface area contributed by atoms with E-state index in [2.05, 4.69) is 17.0 Å². The zero-order valence-corrected chi connectivity index (χ0v) is 16.5. The minimum atomic E-state index is -0.286. The van der Waals surface area contributed by atoms with Crippen molar-refractivity contribution in [1.82, 2.24) is 14.6 Å². The maximum absolute atomic E-state index is 13.0. The lowest BCUT2D eigenvalue weighted by atomic mass is 10.2. The topological polar surface area (TPSA) is 56.5 Å². The molecule has 0 radical (unpaired) electrons. The average Bonchev–Trinajstić information content (AvgIpc) is 3.26. The van der Waals surface area contributed by atoms with E-state index < -0.39 is 0 Å². The van der Waals surface area contributed by atoms with Gasteiger partial charge in [-0.2, -0.15) is 9.50 Å². The number of benzene rings is 2. The van der Waals surface area contributed by atoms with E-state index >= 15 is 0 Å². The number of nitrogens with zero attached hydrogens (tertiary/aromatic N) is 3. The SMILES string of the molecule is CCCOc1ccc(/C=c2/sc3nc(/C=C/c4ccc(F)cc4)nn3c2=O)cc1. The predicted molar refractivity (Wildman–Crippen MR) is 113 cm³/mol. The molecule has 0 fully saturated rings. The number of rotatable bonds is 6. The fourth-order valence-electron chi connectivity index (χ4n) is 2.70.